The second-order valence-corrected chi connectivity index (χ2v) is 6.17. The molecule has 7 heteroatoms. The molecule has 6 nitrogen and oxygen atoms in total. The van der Waals surface area contributed by atoms with Gasteiger partial charge in [0, 0.05) is 26.2 Å². The molecule has 1 saturated heterocycles. The fourth-order valence-corrected chi connectivity index (χ4v) is 3.63. The Morgan fingerprint density at radius 1 is 1.14 bits per heavy atom. The van der Waals surface area contributed by atoms with Gasteiger partial charge in [-0.2, -0.15) is 5.10 Å². The number of hydrogen-bond donors (Lipinski definition) is 1. The molecule has 0 saturated carbocycles. The Bertz CT molecular complexity index is 681. The lowest BCUT2D eigenvalue weighted by atomic mass is 10.3. The fraction of sp³-hybridized carbons (Fsp3) is 0.357. The molecular weight excluding hydrogens is 284 g/mol. The Hall–Kier alpha value is -1.99. The summed E-state index contributed by atoms with van der Waals surface area (Å²) in [5.41, 5.74) is 1.10. The number of hydrogen-bond acceptors (Lipinski definition) is 6. The summed E-state index contributed by atoms with van der Waals surface area (Å²) in [7, 11) is 0. The first kappa shape index (κ1) is 12.7. The zero-order valence-corrected chi connectivity index (χ0v) is 12.4. The molecule has 108 valence electrons. The molecule has 0 aliphatic carbocycles. The molecule has 1 N–H and O–H groups in total. The monoisotopic (exact) mass is 300 g/mol. The molecule has 3 heterocycles. The van der Waals surface area contributed by atoms with Crippen LogP contribution >= 0.6 is 11.3 Å². The normalized spacial score (nSPS) is 16.7. The molecule has 1 aliphatic rings. The highest BCUT2D eigenvalue weighted by atomic mass is 32.1. The molecule has 0 bridgehead atoms. The van der Waals surface area contributed by atoms with E-state index in [2.05, 4.69) is 43.2 Å². The van der Waals surface area contributed by atoms with E-state index in [9.17, 15) is 0 Å². The van der Waals surface area contributed by atoms with E-state index >= 15 is 0 Å². The summed E-state index contributed by atoms with van der Waals surface area (Å²) in [6, 6.07) is 8.33. The summed E-state index contributed by atoms with van der Waals surface area (Å²) in [5, 5.41) is 7.95. The van der Waals surface area contributed by atoms with Crippen molar-refractivity contribution in [1.29, 1.82) is 0 Å². The molecule has 0 radical (unpaired) electrons. The van der Waals surface area contributed by atoms with Crippen molar-refractivity contribution in [2.45, 2.75) is 6.54 Å². The minimum Gasteiger partial charge on any atom is -0.345 e. The van der Waals surface area contributed by atoms with Crippen LogP contribution in [0.1, 0.15) is 5.82 Å². The van der Waals surface area contributed by atoms with Crippen LogP contribution in [-0.2, 0) is 6.54 Å². The number of thiazole rings is 1. The van der Waals surface area contributed by atoms with Crippen LogP contribution in [0.25, 0.3) is 10.2 Å². The van der Waals surface area contributed by atoms with Gasteiger partial charge in [-0.3, -0.25) is 10.00 Å². The number of aromatic amines is 1. The second kappa shape index (κ2) is 5.42. The Morgan fingerprint density at radius 3 is 2.76 bits per heavy atom. The summed E-state index contributed by atoms with van der Waals surface area (Å²) < 4.78 is 1.26. The molecule has 4 rings (SSSR count). The topological polar surface area (TPSA) is 60.9 Å². The summed E-state index contributed by atoms with van der Waals surface area (Å²) in [4.78, 5) is 13.7. The van der Waals surface area contributed by atoms with Crippen LogP contribution in [0.4, 0.5) is 5.13 Å². The number of H-pyrrole nitrogens is 1. The first-order valence-corrected chi connectivity index (χ1v) is 7.87. The minimum atomic E-state index is 0.841. The third-order valence-corrected chi connectivity index (χ3v) is 4.86. The van der Waals surface area contributed by atoms with Crippen LogP contribution in [0.3, 0.4) is 0 Å². The van der Waals surface area contributed by atoms with Crippen LogP contribution in [0.2, 0.25) is 0 Å². The standard InChI is InChI=1S/C14H16N6S/c1-2-4-12-11(3-1)17-14(21-12)20-7-5-19(6-8-20)9-13-15-10-16-18-13/h1-4,10H,5-9H2,(H,15,16,18). The van der Waals surface area contributed by atoms with Gasteiger partial charge in [0.25, 0.3) is 0 Å². The van der Waals surface area contributed by atoms with Gasteiger partial charge in [-0.15, -0.1) is 0 Å². The lowest BCUT2D eigenvalue weighted by molar-refractivity contribution is 0.244. The fourth-order valence-electron chi connectivity index (χ4n) is 2.61. The molecule has 1 aliphatic heterocycles. The number of fused-ring (bicyclic) bond motifs is 1. The first-order valence-electron chi connectivity index (χ1n) is 7.05. The van der Waals surface area contributed by atoms with Crippen LogP contribution < -0.4 is 4.90 Å². The highest BCUT2D eigenvalue weighted by molar-refractivity contribution is 7.22. The van der Waals surface area contributed by atoms with E-state index < -0.39 is 0 Å². The predicted octanol–water partition coefficient (Wildman–Crippen LogP) is 1.74. The molecule has 3 aromatic rings. The van der Waals surface area contributed by atoms with Crippen molar-refractivity contribution >= 4 is 26.7 Å². The van der Waals surface area contributed by atoms with E-state index in [1.54, 1.807) is 17.7 Å². The van der Waals surface area contributed by atoms with E-state index in [1.165, 1.54) is 4.70 Å². The van der Waals surface area contributed by atoms with E-state index in [4.69, 9.17) is 4.98 Å². The Labute approximate surface area is 126 Å². The average Bonchev–Trinajstić information content (AvgIpc) is 3.16. The first-order chi connectivity index (χ1) is 10.4. The molecule has 0 atom stereocenters. The minimum absolute atomic E-state index is 0.841. The van der Waals surface area contributed by atoms with Gasteiger partial charge in [-0.25, -0.2) is 9.97 Å². The lowest BCUT2D eigenvalue weighted by Gasteiger charge is -2.33. The van der Waals surface area contributed by atoms with Crippen molar-refractivity contribution in [3.05, 3.63) is 36.4 Å². The number of para-hydroxylation sites is 1. The summed E-state index contributed by atoms with van der Waals surface area (Å²) in [5.74, 6) is 0.934. The van der Waals surface area contributed by atoms with Gasteiger partial charge in [-0.1, -0.05) is 23.5 Å². The third-order valence-electron chi connectivity index (χ3n) is 3.76. The van der Waals surface area contributed by atoms with Crippen molar-refractivity contribution in [1.82, 2.24) is 25.1 Å². The van der Waals surface area contributed by atoms with Crippen molar-refractivity contribution < 1.29 is 0 Å². The number of nitrogens with one attached hydrogen (secondary N) is 1. The van der Waals surface area contributed by atoms with E-state index in [1.807, 2.05) is 6.07 Å². The van der Waals surface area contributed by atoms with Gasteiger partial charge in [0.15, 0.2) is 5.13 Å². The van der Waals surface area contributed by atoms with Crippen LogP contribution in [0.5, 0.6) is 0 Å². The Balaban J connectivity index is 1.42. The van der Waals surface area contributed by atoms with Crippen molar-refractivity contribution in [2.75, 3.05) is 31.1 Å². The maximum absolute atomic E-state index is 4.73. The number of piperazine rings is 1. The summed E-state index contributed by atoms with van der Waals surface area (Å²) in [6.07, 6.45) is 1.56. The SMILES string of the molecule is c1ccc2sc(N3CCN(Cc4ncn[nH]4)CC3)nc2c1. The summed E-state index contributed by atoms with van der Waals surface area (Å²) >= 11 is 1.78. The van der Waals surface area contributed by atoms with Crippen LogP contribution in [0, 0.1) is 0 Å². The van der Waals surface area contributed by atoms with Gasteiger partial charge in [0.2, 0.25) is 0 Å². The average molecular weight is 300 g/mol. The number of aromatic nitrogens is 4. The highest BCUT2D eigenvalue weighted by Crippen LogP contribution is 2.29. The van der Waals surface area contributed by atoms with E-state index in [0.717, 1.165) is 49.2 Å². The number of nitrogens with zero attached hydrogens (tertiary/aromatic N) is 5. The van der Waals surface area contributed by atoms with Crippen molar-refractivity contribution in [3.8, 4) is 0 Å². The van der Waals surface area contributed by atoms with Gasteiger partial charge in [-0.05, 0) is 12.1 Å². The van der Waals surface area contributed by atoms with Gasteiger partial charge < -0.3 is 4.90 Å². The molecular formula is C14H16N6S. The third kappa shape index (κ3) is 2.62. The quantitative estimate of drug-likeness (QED) is 0.798. The molecule has 1 aromatic carbocycles. The number of anilines is 1. The Kier molecular flexibility index (Phi) is 3.28. The smallest absolute Gasteiger partial charge is 0.186 e. The van der Waals surface area contributed by atoms with E-state index in [-0.39, 0.29) is 0 Å². The molecule has 2 aromatic heterocycles. The van der Waals surface area contributed by atoms with Crippen LogP contribution in [0.15, 0.2) is 30.6 Å². The van der Waals surface area contributed by atoms with Crippen molar-refractivity contribution in [2.24, 2.45) is 0 Å². The molecule has 1 fully saturated rings. The highest BCUT2D eigenvalue weighted by Gasteiger charge is 2.20. The summed E-state index contributed by atoms with van der Waals surface area (Å²) in [6.45, 7) is 4.91. The Morgan fingerprint density at radius 2 is 2.00 bits per heavy atom. The van der Waals surface area contributed by atoms with Gasteiger partial charge >= 0.3 is 0 Å². The zero-order chi connectivity index (χ0) is 14.1. The molecule has 0 amide bonds. The lowest BCUT2D eigenvalue weighted by Crippen LogP contribution is -2.46. The number of rotatable bonds is 3. The van der Waals surface area contributed by atoms with Gasteiger partial charge in [0.05, 0.1) is 16.8 Å². The number of benzene rings is 1. The molecule has 21 heavy (non-hydrogen) atoms. The maximum atomic E-state index is 4.73. The molecule has 0 spiro atoms. The predicted molar refractivity (Wildman–Crippen MR) is 83.5 cm³/mol. The van der Waals surface area contributed by atoms with Crippen LogP contribution in [-0.4, -0.2) is 51.2 Å². The van der Waals surface area contributed by atoms with Crippen molar-refractivity contribution in [3.63, 3.8) is 0 Å². The van der Waals surface area contributed by atoms with E-state index in [0.29, 0.717) is 0 Å². The maximum Gasteiger partial charge on any atom is 0.186 e. The zero-order valence-electron chi connectivity index (χ0n) is 11.6. The molecule has 0 unspecified atom stereocenters. The largest absolute Gasteiger partial charge is 0.345 e. The second-order valence-electron chi connectivity index (χ2n) is 5.16. The van der Waals surface area contributed by atoms with Gasteiger partial charge in [0.1, 0.15) is 12.2 Å².